The number of nitrogens with zero attached hydrogens (tertiary/aromatic N) is 1. The SMILES string of the molecule is COc1ccc(F)cc1/C(O)=C1\C(=O)C(=O)N(c2ccc(F)cc2)C1c1c[nH]c2ccccc12. The van der Waals surface area contributed by atoms with Gasteiger partial charge in [0.25, 0.3) is 11.7 Å². The van der Waals surface area contributed by atoms with Crippen molar-refractivity contribution in [2.75, 3.05) is 12.0 Å². The number of H-pyrrole nitrogens is 1. The van der Waals surface area contributed by atoms with Crippen LogP contribution in [0.4, 0.5) is 14.5 Å². The molecule has 170 valence electrons. The largest absolute Gasteiger partial charge is 0.507 e. The molecule has 6 nitrogen and oxygen atoms in total. The first-order chi connectivity index (χ1) is 16.4. The summed E-state index contributed by atoms with van der Waals surface area (Å²) >= 11 is 0. The Bertz CT molecular complexity index is 1470. The van der Waals surface area contributed by atoms with Gasteiger partial charge in [-0.05, 0) is 48.5 Å². The predicted octanol–water partition coefficient (Wildman–Crippen LogP) is 5.08. The summed E-state index contributed by atoms with van der Waals surface area (Å²) in [7, 11) is 1.35. The normalized spacial score (nSPS) is 17.5. The molecule has 0 saturated carbocycles. The van der Waals surface area contributed by atoms with E-state index >= 15 is 0 Å². The van der Waals surface area contributed by atoms with E-state index in [-0.39, 0.29) is 22.6 Å². The van der Waals surface area contributed by atoms with Crippen molar-refractivity contribution in [3.8, 4) is 5.75 Å². The second-order valence-electron chi connectivity index (χ2n) is 7.78. The van der Waals surface area contributed by atoms with E-state index in [1.165, 1.54) is 42.3 Å². The number of Topliss-reactive ketones (excluding diaryl/α,β-unsaturated/α-hetero) is 1. The standard InChI is InChI=1S/C26H18F2N2O4/c1-34-21-11-8-15(28)12-18(21)24(31)22-23(19-13-29-20-5-3-2-4-17(19)20)30(26(33)25(22)32)16-9-6-14(27)7-10-16/h2-13,23,29,31H,1H3/b24-22+. The number of methoxy groups -OCH3 is 1. The molecule has 1 amide bonds. The number of anilines is 1. The molecule has 0 bridgehead atoms. The molecule has 1 atom stereocenters. The van der Waals surface area contributed by atoms with Crippen molar-refractivity contribution in [1.29, 1.82) is 0 Å². The Morgan fingerprint density at radius 2 is 1.71 bits per heavy atom. The summed E-state index contributed by atoms with van der Waals surface area (Å²) < 4.78 is 32.9. The van der Waals surface area contributed by atoms with Crippen molar-refractivity contribution in [2.45, 2.75) is 6.04 Å². The van der Waals surface area contributed by atoms with Crippen LogP contribution in [0.2, 0.25) is 0 Å². The highest BCUT2D eigenvalue weighted by molar-refractivity contribution is 6.52. The molecule has 2 N–H and O–H groups in total. The third-order valence-electron chi connectivity index (χ3n) is 5.88. The number of aromatic amines is 1. The number of aliphatic hydroxyl groups is 1. The van der Waals surface area contributed by atoms with E-state index in [2.05, 4.69) is 4.98 Å². The zero-order valence-electron chi connectivity index (χ0n) is 17.9. The van der Waals surface area contributed by atoms with Crippen molar-refractivity contribution in [2.24, 2.45) is 0 Å². The second-order valence-corrected chi connectivity index (χ2v) is 7.78. The fourth-order valence-electron chi connectivity index (χ4n) is 4.33. The summed E-state index contributed by atoms with van der Waals surface area (Å²) in [5.41, 5.74) is 1.26. The van der Waals surface area contributed by atoms with Gasteiger partial charge in [0.15, 0.2) is 0 Å². The molecule has 0 spiro atoms. The van der Waals surface area contributed by atoms with Gasteiger partial charge < -0.3 is 14.8 Å². The molecule has 8 heteroatoms. The number of hydrogen-bond donors (Lipinski definition) is 2. The number of para-hydroxylation sites is 1. The molecule has 4 aromatic rings. The van der Waals surface area contributed by atoms with E-state index in [4.69, 9.17) is 4.74 Å². The molecule has 1 unspecified atom stereocenters. The van der Waals surface area contributed by atoms with Crippen LogP contribution in [0.3, 0.4) is 0 Å². The van der Waals surface area contributed by atoms with Gasteiger partial charge in [0.1, 0.15) is 23.1 Å². The topological polar surface area (TPSA) is 82.6 Å². The van der Waals surface area contributed by atoms with Gasteiger partial charge in [-0.2, -0.15) is 0 Å². The summed E-state index contributed by atoms with van der Waals surface area (Å²) in [6.07, 6.45) is 1.65. The Kier molecular flexibility index (Phi) is 5.13. The summed E-state index contributed by atoms with van der Waals surface area (Å²) in [6.45, 7) is 0. The summed E-state index contributed by atoms with van der Waals surface area (Å²) in [5.74, 6) is -3.46. The quantitative estimate of drug-likeness (QED) is 0.253. The van der Waals surface area contributed by atoms with Gasteiger partial charge in [0.05, 0.1) is 24.3 Å². The van der Waals surface area contributed by atoms with Crippen molar-refractivity contribution in [3.63, 3.8) is 0 Å². The number of hydrogen-bond acceptors (Lipinski definition) is 4. The van der Waals surface area contributed by atoms with Crippen molar-refractivity contribution < 1.29 is 28.2 Å². The number of halogens is 2. The van der Waals surface area contributed by atoms with E-state index in [0.29, 0.717) is 5.56 Å². The van der Waals surface area contributed by atoms with Gasteiger partial charge in [-0.25, -0.2) is 8.78 Å². The summed E-state index contributed by atoms with van der Waals surface area (Å²) in [4.78, 5) is 30.8. The van der Waals surface area contributed by atoms with Crippen LogP contribution in [0.1, 0.15) is 17.2 Å². The van der Waals surface area contributed by atoms with E-state index in [0.717, 1.165) is 23.0 Å². The minimum atomic E-state index is -1.06. The molecule has 5 rings (SSSR count). The lowest BCUT2D eigenvalue weighted by Gasteiger charge is -2.25. The molecule has 1 aromatic heterocycles. The Morgan fingerprint density at radius 1 is 1.00 bits per heavy atom. The lowest BCUT2D eigenvalue weighted by molar-refractivity contribution is -0.132. The van der Waals surface area contributed by atoms with E-state index in [1.54, 1.807) is 12.3 Å². The highest BCUT2D eigenvalue weighted by Gasteiger charge is 2.48. The number of carbonyl (C=O) groups excluding carboxylic acids is 2. The van der Waals surface area contributed by atoms with Crippen molar-refractivity contribution in [3.05, 3.63) is 101 Å². The monoisotopic (exact) mass is 460 g/mol. The van der Waals surface area contributed by atoms with Gasteiger partial charge in [-0.15, -0.1) is 0 Å². The summed E-state index contributed by atoms with van der Waals surface area (Å²) in [5, 5.41) is 12.0. The molecular formula is C26H18F2N2O4. The molecule has 1 aliphatic rings. The zero-order chi connectivity index (χ0) is 24.0. The maximum atomic E-state index is 14.1. The molecule has 0 radical (unpaired) electrons. The molecule has 3 aromatic carbocycles. The van der Waals surface area contributed by atoms with Gasteiger partial charge >= 0.3 is 0 Å². The Morgan fingerprint density at radius 3 is 2.44 bits per heavy atom. The van der Waals surface area contributed by atoms with Crippen LogP contribution in [0.25, 0.3) is 16.7 Å². The Hall–Kier alpha value is -4.46. The number of aromatic nitrogens is 1. The number of aliphatic hydroxyl groups excluding tert-OH is 1. The smallest absolute Gasteiger partial charge is 0.300 e. The van der Waals surface area contributed by atoms with Gasteiger partial charge in [-0.1, -0.05) is 18.2 Å². The maximum absolute atomic E-state index is 14.1. The molecule has 0 aliphatic carbocycles. The van der Waals surface area contributed by atoms with Crippen LogP contribution in [0.5, 0.6) is 5.75 Å². The summed E-state index contributed by atoms with van der Waals surface area (Å²) in [6, 6.07) is 14.8. The lowest BCUT2D eigenvalue weighted by Crippen LogP contribution is -2.29. The molecular weight excluding hydrogens is 442 g/mol. The average molecular weight is 460 g/mol. The van der Waals surface area contributed by atoms with Crippen LogP contribution in [-0.4, -0.2) is 28.9 Å². The molecule has 1 fully saturated rings. The van der Waals surface area contributed by atoms with Crippen LogP contribution in [0, 0.1) is 11.6 Å². The number of carbonyl (C=O) groups is 2. The number of ketones is 1. The molecule has 1 saturated heterocycles. The minimum Gasteiger partial charge on any atom is -0.507 e. The van der Waals surface area contributed by atoms with E-state index in [9.17, 15) is 23.5 Å². The lowest BCUT2D eigenvalue weighted by atomic mass is 9.94. The Balaban J connectivity index is 1.80. The minimum absolute atomic E-state index is 0.0653. The molecule has 1 aliphatic heterocycles. The van der Waals surface area contributed by atoms with Crippen LogP contribution >= 0.6 is 0 Å². The van der Waals surface area contributed by atoms with E-state index < -0.39 is 35.1 Å². The van der Waals surface area contributed by atoms with Crippen LogP contribution < -0.4 is 9.64 Å². The van der Waals surface area contributed by atoms with Gasteiger partial charge in [-0.3, -0.25) is 14.5 Å². The first kappa shape index (κ1) is 21.4. The van der Waals surface area contributed by atoms with Crippen molar-refractivity contribution in [1.82, 2.24) is 4.98 Å². The molecule has 2 heterocycles. The first-order valence-corrected chi connectivity index (χ1v) is 10.4. The van der Waals surface area contributed by atoms with Gasteiger partial charge in [0.2, 0.25) is 0 Å². The predicted molar refractivity (Wildman–Crippen MR) is 122 cm³/mol. The average Bonchev–Trinajstić information content (AvgIpc) is 3.38. The number of benzene rings is 3. The Labute approximate surface area is 192 Å². The van der Waals surface area contributed by atoms with E-state index in [1.807, 2.05) is 18.2 Å². The van der Waals surface area contributed by atoms with Crippen LogP contribution in [-0.2, 0) is 9.59 Å². The third-order valence-corrected chi connectivity index (χ3v) is 5.88. The van der Waals surface area contributed by atoms with Crippen molar-refractivity contribution >= 4 is 34.0 Å². The highest BCUT2D eigenvalue weighted by Crippen LogP contribution is 2.45. The number of amides is 1. The zero-order valence-corrected chi connectivity index (χ0v) is 17.9. The molecule has 34 heavy (non-hydrogen) atoms. The maximum Gasteiger partial charge on any atom is 0.300 e. The number of ether oxygens (including phenoxy) is 1. The second kappa shape index (κ2) is 8.15. The van der Waals surface area contributed by atoms with Crippen LogP contribution in [0.15, 0.2) is 78.5 Å². The highest BCUT2D eigenvalue weighted by atomic mass is 19.1. The van der Waals surface area contributed by atoms with Gasteiger partial charge in [0, 0.05) is 28.4 Å². The third kappa shape index (κ3) is 3.31. The number of rotatable bonds is 4. The number of nitrogens with one attached hydrogen (secondary N) is 1. The fraction of sp³-hybridized carbons (Fsp3) is 0.0769. The number of fused-ring (bicyclic) bond motifs is 1. The first-order valence-electron chi connectivity index (χ1n) is 10.4. The fourth-order valence-corrected chi connectivity index (χ4v) is 4.33.